The summed E-state index contributed by atoms with van der Waals surface area (Å²) in [7, 11) is 3.01. The second-order valence-corrected chi connectivity index (χ2v) is 6.57. The van der Waals surface area contributed by atoms with E-state index in [2.05, 4.69) is 5.32 Å². The number of nitrogens with one attached hydrogen (secondary N) is 1. The van der Waals surface area contributed by atoms with Crippen LogP contribution < -0.4 is 19.7 Å². The summed E-state index contributed by atoms with van der Waals surface area (Å²) in [6, 6.07) is 16.9. The zero-order chi connectivity index (χ0) is 21.3. The minimum atomic E-state index is -0.786. The fourth-order valence-electron chi connectivity index (χ4n) is 3.39. The molecule has 1 heterocycles. The number of hydrogen-bond donors (Lipinski definition) is 1. The largest absolute Gasteiger partial charge is 0.493 e. The van der Waals surface area contributed by atoms with E-state index in [1.54, 1.807) is 30.3 Å². The van der Waals surface area contributed by atoms with Gasteiger partial charge in [0.25, 0.3) is 11.8 Å². The molecule has 0 aromatic heterocycles. The summed E-state index contributed by atoms with van der Waals surface area (Å²) in [5.41, 5.74) is 0.800. The van der Waals surface area contributed by atoms with E-state index in [0.717, 1.165) is 15.7 Å². The lowest BCUT2D eigenvalue weighted by molar-refractivity contribution is -0.122. The normalized spacial score (nSPS) is 15.5. The van der Waals surface area contributed by atoms with E-state index in [0.29, 0.717) is 22.7 Å². The number of carbonyl (C=O) groups excluding carboxylic acids is 3. The fourth-order valence-corrected chi connectivity index (χ4v) is 3.39. The van der Waals surface area contributed by atoms with E-state index in [1.165, 1.54) is 20.3 Å². The van der Waals surface area contributed by atoms with Crippen molar-refractivity contribution in [2.45, 2.75) is 0 Å². The van der Waals surface area contributed by atoms with Crippen LogP contribution in [0.4, 0.5) is 10.5 Å². The molecule has 4 amide bonds. The molecule has 1 N–H and O–H groups in total. The number of carbonyl (C=O) groups is 3. The first kappa shape index (κ1) is 19.2. The van der Waals surface area contributed by atoms with Crippen molar-refractivity contribution in [1.82, 2.24) is 5.32 Å². The maximum atomic E-state index is 13.2. The van der Waals surface area contributed by atoms with E-state index in [1.807, 2.05) is 30.3 Å². The van der Waals surface area contributed by atoms with Gasteiger partial charge in [0.05, 0.1) is 19.9 Å². The number of methoxy groups -OCH3 is 2. The molecule has 30 heavy (non-hydrogen) atoms. The highest BCUT2D eigenvalue weighted by atomic mass is 16.5. The van der Waals surface area contributed by atoms with Crippen LogP contribution in [0.3, 0.4) is 0 Å². The van der Waals surface area contributed by atoms with E-state index in [9.17, 15) is 14.4 Å². The molecule has 0 bridgehead atoms. The van der Waals surface area contributed by atoms with Gasteiger partial charge in [-0.05, 0) is 35.2 Å². The van der Waals surface area contributed by atoms with Crippen molar-refractivity contribution in [1.29, 1.82) is 0 Å². The smallest absolute Gasteiger partial charge is 0.335 e. The highest BCUT2D eigenvalue weighted by Crippen LogP contribution is 2.31. The molecular weight excluding hydrogens is 384 g/mol. The lowest BCUT2D eigenvalue weighted by atomic mass is 10.0. The van der Waals surface area contributed by atoms with Crippen LogP contribution in [0.1, 0.15) is 5.56 Å². The standard InChI is InChI=1S/C23H18N2O5/c1-29-19-11-10-14(13-20(19)30-2)12-17-21(26)24-23(28)25(22(17)27)18-9-5-7-15-6-3-4-8-16(15)18/h3-13H,1-2H3,(H,24,26,28)/b17-12-. The summed E-state index contributed by atoms with van der Waals surface area (Å²) in [5.74, 6) is -0.477. The highest BCUT2D eigenvalue weighted by molar-refractivity contribution is 6.40. The SMILES string of the molecule is COc1ccc(/C=C2/C(=O)NC(=O)N(c3cccc4ccccc34)C2=O)cc1OC. The van der Waals surface area contributed by atoms with E-state index in [4.69, 9.17) is 9.47 Å². The second-order valence-electron chi connectivity index (χ2n) is 6.57. The van der Waals surface area contributed by atoms with Crippen LogP contribution in [0.2, 0.25) is 0 Å². The van der Waals surface area contributed by atoms with Gasteiger partial charge in [0.2, 0.25) is 0 Å². The summed E-state index contributed by atoms with van der Waals surface area (Å²) < 4.78 is 10.5. The highest BCUT2D eigenvalue weighted by Gasteiger charge is 2.37. The number of hydrogen-bond acceptors (Lipinski definition) is 5. The van der Waals surface area contributed by atoms with Crippen LogP contribution in [-0.4, -0.2) is 32.1 Å². The zero-order valence-electron chi connectivity index (χ0n) is 16.3. The molecule has 0 radical (unpaired) electrons. The monoisotopic (exact) mass is 402 g/mol. The summed E-state index contributed by atoms with van der Waals surface area (Å²) in [5, 5.41) is 3.85. The predicted octanol–water partition coefficient (Wildman–Crippen LogP) is 3.52. The van der Waals surface area contributed by atoms with E-state index >= 15 is 0 Å². The fraction of sp³-hybridized carbons (Fsp3) is 0.0870. The van der Waals surface area contributed by atoms with Crippen molar-refractivity contribution in [2.24, 2.45) is 0 Å². The Morgan fingerprint density at radius 2 is 1.60 bits per heavy atom. The molecule has 0 spiro atoms. The molecule has 1 aliphatic rings. The van der Waals surface area contributed by atoms with Crippen molar-refractivity contribution >= 4 is 40.4 Å². The zero-order valence-corrected chi connectivity index (χ0v) is 16.3. The van der Waals surface area contributed by atoms with Crippen LogP contribution in [-0.2, 0) is 9.59 Å². The van der Waals surface area contributed by atoms with Gasteiger partial charge in [0.1, 0.15) is 5.57 Å². The number of barbiturate groups is 1. The van der Waals surface area contributed by atoms with Gasteiger partial charge in [-0.15, -0.1) is 0 Å². The number of fused-ring (bicyclic) bond motifs is 1. The lowest BCUT2D eigenvalue weighted by Crippen LogP contribution is -2.54. The Morgan fingerprint density at radius 3 is 2.37 bits per heavy atom. The van der Waals surface area contributed by atoms with Crippen LogP contribution in [0.5, 0.6) is 11.5 Å². The van der Waals surface area contributed by atoms with Crippen molar-refractivity contribution in [3.05, 3.63) is 71.8 Å². The maximum absolute atomic E-state index is 13.2. The van der Waals surface area contributed by atoms with E-state index < -0.39 is 17.8 Å². The van der Waals surface area contributed by atoms with Crippen LogP contribution in [0.15, 0.2) is 66.2 Å². The first-order chi connectivity index (χ1) is 14.5. The van der Waals surface area contributed by atoms with Gasteiger partial charge < -0.3 is 9.47 Å². The quantitative estimate of drug-likeness (QED) is 0.533. The molecule has 0 atom stereocenters. The number of anilines is 1. The molecule has 0 aliphatic carbocycles. The average Bonchev–Trinajstić information content (AvgIpc) is 2.76. The Kier molecular flexibility index (Phi) is 4.93. The Bertz CT molecular complexity index is 1210. The second kappa shape index (κ2) is 7.71. The predicted molar refractivity (Wildman–Crippen MR) is 112 cm³/mol. The molecule has 1 saturated heterocycles. The van der Waals surface area contributed by atoms with Crippen molar-refractivity contribution in [3.63, 3.8) is 0 Å². The Morgan fingerprint density at radius 1 is 0.867 bits per heavy atom. The molecule has 4 rings (SSSR count). The number of urea groups is 1. The number of ether oxygens (including phenoxy) is 2. The Labute approximate surface area is 172 Å². The van der Waals surface area contributed by atoms with Gasteiger partial charge >= 0.3 is 6.03 Å². The number of benzene rings is 3. The average molecular weight is 402 g/mol. The molecule has 7 nitrogen and oxygen atoms in total. The summed E-state index contributed by atoms with van der Waals surface area (Å²) in [4.78, 5) is 39.2. The van der Waals surface area contributed by atoms with Crippen LogP contribution in [0.25, 0.3) is 16.8 Å². The Hall–Kier alpha value is -4.13. The van der Waals surface area contributed by atoms with Crippen molar-refractivity contribution < 1.29 is 23.9 Å². The molecule has 3 aromatic carbocycles. The van der Waals surface area contributed by atoms with Crippen molar-refractivity contribution in [3.8, 4) is 11.5 Å². The first-order valence-corrected chi connectivity index (χ1v) is 9.14. The van der Waals surface area contributed by atoms with Crippen LogP contribution in [0, 0.1) is 0 Å². The molecule has 1 fully saturated rings. The van der Waals surface area contributed by atoms with Gasteiger partial charge in [-0.2, -0.15) is 0 Å². The van der Waals surface area contributed by atoms with E-state index in [-0.39, 0.29) is 5.57 Å². The molecule has 1 aliphatic heterocycles. The van der Waals surface area contributed by atoms with Crippen molar-refractivity contribution in [2.75, 3.05) is 19.1 Å². The van der Waals surface area contributed by atoms with Gasteiger partial charge in [-0.3, -0.25) is 14.9 Å². The summed E-state index contributed by atoms with van der Waals surface area (Å²) in [6.07, 6.45) is 1.42. The molecular formula is C23H18N2O5. The van der Waals surface area contributed by atoms with Gasteiger partial charge in [-0.1, -0.05) is 42.5 Å². The summed E-state index contributed by atoms with van der Waals surface area (Å²) in [6.45, 7) is 0. The number of nitrogens with zero attached hydrogens (tertiary/aromatic N) is 1. The third-order valence-electron chi connectivity index (χ3n) is 4.83. The van der Waals surface area contributed by atoms with Gasteiger partial charge in [0.15, 0.2) is 11.5 Å². The first-order valence-electron chi connectivity index (χ1n) is 9.14. The number of imide groups is 2. The summed E-state index contributed by atoms with van der Waals surface area (Å²) >= 11 is 0. The number of amides is 4. The lowest BCUT2D eigenvalue weighted by Gasteiger charge is -2.27. The van der Waals surface area contributed by atoms with Crippen LogP contribution >= 0.6 is 0 Å². The minimum absolute atomic E-state index is 0.158. The molecule has 0 unspecified atom stereocenters. The molecule has 0 saturated carbocycles. The maximum Gasteiger partial charge on any atom is 0.335 e. The molecule has 3 aromatic rings. The topological polar surface area (TPSA) is 84.9 Å². The Balaban J connectivity index is 1.79. The van der Waals surface area contributed by atoms with Gasteiger partial charge in [0, 0.05) is 5.39 Å². The third-order valence-corrected chi connectivity index (χ3v) is 4.83. The molecule has 150 valence electrons. The molecule has 7 heteroatoms. The number of rotatable bonds is 4. The third kappa shape index (κ3) is 3.26. The minimum Gasteiger partial charge on any atom is -0.493 e. The van der Waals surface area contributed by atoms with Gasteiger partial charge in [-0.25, -0.2) is 9.69 Å².